The monoisotopic (exact) mass is 485 g/mol. The Kier molecular flexibility index (Phi) is 6.92. The molecule has 0 amide bonds. The van der Waals surface area contributed by atoms with Crippen LogP contribution in [0.1, 0.15) is 61.0 Å². The summed E-state index contributed by atoms with van der Waals surface area (Å²) in [6.45, 7) is 5.99. The number of aryl methyl sites for hydroxylation is 1. The number of sulfonamides is 1. The maximum Gasteiger partial charge on any atom is 0.338 e. The fourth-order valence-electron chi connectivity index (χ4n) is 5.26. The summed E-state index contributed by atoms with van der Waals surface area (Å²) in [4.78, 5) is 14.7. The molecule has 1 heterocycles. The van der Waals surface area contributed by atoms with Gasteiger partial charge < -0.3 is 15.3 Å². The second-order valence-electron chi connectivity index (χ2n) is 10.4. The van der Waals surface area contributed by atoms with Crippen molar-refractivity contribution in [2.45, 2.75) is 63.3 Å². The first-order valence-corrected chi connectivity index (χ1v) is 13.5. The molecule has 1 aliphatic heterocycles. The summed E-state index contributed by atoms with van der Waals surface area (Å²) in [5.74, 6) is -1.11. The van der Waals surface area contributed by atoms with Crippen LogP contribution in [-0.2, 0) is 22.9 Å². The summed E-state index contributed by atoms with van der Waals surface area (Å²) >= 11 is 0. The first kappa shape index (κ1) is 24.5. The van der Waals surface area contributed by atoms with Crippen LogP contribution >= 0.6 is 0 Å². The Morgan fingerprint density at radius 3 is 2.65 bits per heavy atom. The van der Waals surface area contributed by atoms with E-state index in [1.165, 1.54) is 6.42 Å². The van der Waals surface area contributed by atoms with E-state index in [2.05, 4.69) is 35.8 Å². The molecule has 0 saturated carbocycles. The number of nitrogens with zero attached hydrogens (tertiary/aromatic N) is 1. The Balaban J connectivity index is 1.59. The Hall–Kier alpha value is -2.58. The molecule has 1 aliphatic carbocycles. The lowest BCUT2D eigenvalue weighted by molar-refractivity contribution is 0.0695. The van der Waals surface area contributed by atoms with Gasteiger partial charge in [-0.25, -0.2) is 13.2 Å². The van der Waals surface area contributed by atoms with Crippen LogP contribution in [0, 0.1) is 5.41 Å². The third-order valence-electron chi connectivity index (χ3n) is 7.24. The number of aromatic carboxylic acids is 1. The largest absolute Gasteiger partial charge is 0.478 e. The number of nitrogens with one attached hydrogen (secondary N) is 2. The second kappa shape index (κ2) is 9.58. The molecule has 34 heavy (non-hydrogen) atoms. The van der Waals surface area contributed by atoms with Crippen molar-refractivity contribution in [2.24, 2.45) is 5.41 Å². The lowest BCUT2D eigenvalue weighted by Crippen LogP contribution is -2.27. The van der Waals surface area contributed by atoms with E-state index in [1.807, 2.05) is 6.07 Å². The molecular formula is C26H35N3O4S. The first-order valence-electron chi connectivity index (χ1n) is 12.0. The van der Waals surface area contributed by atoms with Gasteiger partial charge in [0.1, 0.15) is 4.90 Å². The van der Waals surface area contributed by atoms with Gasteiger partial charge in [0.15, 0.2) is 0 Å². The molecule has 7 nitrogen and oxygen atoms in total. The Morgan fingerprint density at radius 2 is 1.94 bits per heavy atom. The SMILES string of the molecule is CN1CCCC1CCNc1ccccc1S(=O)(=O)Nc1ccc2c(c1C(=O)O)CC(C)(C)CC2. The average molecular weight is 486 g/mol. The normalized spacial score (nSPS) is 20.0. The molecule has 1 fully saturated rings. The highest BCUT2D eigenvalue weighted by Gasteiger charge is 2.31. The molecule has 2 aromatic rings. The van der Waals surface area contributed by atoms with Gasteiger partial charge in [-0.1, -0.05) is 32.0 Å². The predicted octanol–water partition coefficient (Wildman–Crippen LogP) is 4.60. The average Bonchev–Trinajstić information content (AvgIpc) is 3.17. The molecule has 0 aromatic heterocycles. The van der Waals surface area contributed by atoms with Crippen LogP contribution in [0.4, 0.5) is 11.4 Å². The molecular weight excluding hydrogens is 450 g/mol. The second-order valence-corrected chi connectivity index (χ2v) is 12.0. The van der Waals surface area contributed by atoms with Gasteiger partial charge in [-0.05, 0) is 86.9 Å². The fraction of sp³-hybridized carbons (Fsp3) is 0.500. The van der Waals surface area contributed by atoms with E-state index in [0.29, 0.717) is 24.7 Å². The fourth-order valence-corrected chi connectivity index (χ4v) is 6.52. The maximum absolute atomic E-state index is 13.4. The molecule has 1 unspecified atom stereocenters. The molecule has 8 heteroatoms. The van der Waals surface area contributed by atoms with Crippen molar-refractivity contribution >= 4 is 27.4 Å². The number of carboxylic acid groups (broad SMARTS) is 1. The molecule has 1 atom stereocenters. The highest BCUT2D eigenvalue weighted by molar-refractivity contribution is 7.92. The zero-order valence-corrected chi connectivity index (χ0v) is 21.0. The molecule has 2 aromatic carbocycles. The third-order valence-corrected chi connectivity index (χ3v) is 8.66. The molecule has 0 spiro atoms. The number of anilines is 2. The van der Waals surface area contributed by atoms with Gasteiger partial charge in [0.05, 0.1) is 16.9 Å². The van der Waals surface area contributed by atoms with E-state index in [0.717, 1.165) is 43.4 Å². The van der Waals surface area contributed by atoms with Gasteiger partial charge in [-0.3, -0.25) is 4.72 Å². The van der Waals surface area contributed by atoms with Crippen molar-refractivity contribution in [3.63, 3.8) is 0 Å². The first-order chi connectivity index (χ1) is 16.1. The molecule has 0 radical (unpaired) electrons. The van der Waals surface area contributed by atoms with Crippen molar-refractivity contribution in [3.05, 3.63) is 53.1 Å². The smallest absolute Gasteiger partial charge is 0.338 e. The van der Waals surface area contributed by atoms with Gasteiger partial charge in [-0.2, -0.15) is 0 Å². The third kappa shape index (κ3) is 5.23. The number of fused-ring (bicyclic) bond motifs is 1. The summed E-state index contributed by atoms with van der Waals surface area (Å²) in [7, 11) is -1.88. The van der Waals surface area contributed by atoms with E-state index in [1.54, 1.807) is 30.3 Å². The van der Waals surface area contributed by atoms with Gasteiger partial charge in [-0.15, -0.1) is 0 Å². The van der Waals surface area contributed by atoms with Crippen LogP contribution in [0.5, 0.6) is 0 Å². The van der Waals surface area contributed by atoms with Gasteiger partial charge in [0.25, 0.3) is 10.0 Å². The van der Waals surface area contributed by atoms with E-state index >= 15 is 0 Å². The summed E-state index contributed by atoms with van der Waals surface area (Å²) in [6, 6.07) is 10.7. The molecule has 3 N–H and O–H groups in total. The predicted molar refractivity (Wildman–Crippen MR) is 135 cm³/mol. The van der Waals surface area contributed by atoms with E-state index in [4.69, 9.17) is 0 Å². The number of benzene rings is 2. The summed E-state index contributed by atoms with van der Waals surface area (Å²) in [5, 5.41) is 13.3. The Labute approximate surface area is 202 Å². The maximum atomic E-state index is 13.4. The number of carboxylic acids is 1. The molecule has 0 bridgehead atoms. The van der Waals surface area contributed by atoms with Crippen LogP contribution in [0.25, 0.3) is 0 Å². The lowest BCUT2D eigenvalue weighted by atomic mass is 9.73. The van der Waals surface area contributed by atoms with Crippen LogP contribution in [0.3, 0.4) is 0 Å². The van der Waals surface area contributed by atoms with Crippen molar-refractivity contribution in [1.29, 1.82) is 0 Å². The zero-order chi connectivity index (χ0) is 24.5. The molecule has 2 aliphatic rings. The van der Waals surface area contributed by atoms with Crippen molar-refractivity contribution < 1.29 is 18.3 Å². The van der Waals surface area contributed by atoms with Gasteiger partial charge in [0.2, 0.25) is 0 Å². The molecule has 184 valence electrons. The summed E-state index contributed by atoms with van der Waals surface area (Å²) < 4.78 is 29.4. The van der Waals surface area contributed by atoms with Crippen molar-refractivity contribution in [3.8, 4) is 0 Å². The standard InChI is InChI=1S/C26H35N3O4S/c1-26(2)14-12-18-10-11-22(24(25(30)31)20(18)17-26)28-34(32,33)23-9-5-4-8-21(23)27-15-13-19-7-6-16-29(19)3/h4-5,8-11,19,27-28H,6-7,12-17H2,1-3H3,(H,30,31). The highest BCUT2D eigenvalue weighted by Crippen LogP contribution is 2.39. The van der Waals surface area contributed by atoms with E-state index in [-0.39, 0.29) is 21.6 Å². The van der Waals surface area contributed by atoms with Crippen LogP contribution < -0.4 is 10.0 Å². The van der Waals surface area contributed by atoms with Crippen molar-refractivity contribution in [1.82, 2.24) is 4.90 Å². The zero-order valence-electron chi connectivity index (χ0n) is 20.2. The number of rotatable bonds is 8. The lowest BCUT2D eigenvalue weighted by Gasteiger charge is -2.32. The number of hydrogen-bond acceptors (Lipinski definition) is 5. The Morgan fingerprint density at radius 1 is 1.18 bits per heavy atom. The summed E-state index contributed by atoms with van der Waals surface area (Å²) in [6.07, 6.45) is 5.65. The van der Waals surface area contributed by atoms with Crippen LogP contribution in [0.15, 0.2) is 41.3 Å². The Bertz CT molecular complexity index is 1180. The highest BCUT2D eigenvalue weighted by atomic mass is 32.2. The molecule has 4 rings (SSSR count). The summed E-state index contributed by atoms with van der Waals surface area (Å²) in [5.41, 5.74) is 2.38. The number of carbonyl (C=O) groups is 1. The van der Waals surface area contributed by atoms with Gasteiger partial charge in [0, 0.05) is 12.6 Å². The minimum absolute atomic E-state index is 0.0292. The number of para-hydroxylation sites is 1. The number of hydrogen-bond donors (Lipinski definition) is 3. The topological polar surface area (TPSA) is 98.7 Å². The van der Waals surface area contributed by atoms with Gasteiger partial charge >= 0.3 is 5.97 Å². The van der Waals surface area contributed by atoms with Crippen LogP contribution in [0.2, 0.25) is 0 Å². The minimum Gasteiger partial charge on any atom is -0.478 e. The quantitative estimate of drug-likeness (QED) is 0.506. The number of likely N-dealkylation sites (tertiary alicyclic amines) is 1. The van der Waals surface area contributed by atoms with Crippen molar-refractivity contribution in [2.75, 3.05) is 30.2 Å². The molecule has 1 saturated heterocycles. The van der Waals surface area contributed by atoms with Crippen LogP contribution in [-0.4, -0.2) is 50.6 Å². The minimum atomic E-state index is -4.00. The van der Waals surface area contributed by atoms with E-state index in [9.17, 15) is 18.3 Å². The van der Waals surface area contributed by atoms with E-state index < -0.39 is 16.0 Å².